The Labute approximate surface area is 475 Å². The van der Waals surface area contributed by atoms with E-state index < -0.39 is 29.4 Å². The highest BCUT2D eigenvalue weighted by atomic mass is 16.6. The molecule has 4 aliphatic rings. The van der Waals surface area contributed by atoms with Crippen LogP contribution in [-0.2, 0) is 47.6 Å². The largest absolute Gasteiger partial charge is 0.463 e. The standard InChI is InChI=1S/C26H44N4O6.C19H33N3O4.C10H15N3O2.C2H3N/c1-8-34-16-19-11-10-12-30(15-19)22-14-20(24(32)35-9-2)13-21(23(22)29-18(4)31)27-17(3)28-25(33)36-26(5,6)7;1-4-25-12-14-7-6-8-22(11-14)17-10-15(19(24)26-5-2)9-16(20)18(17)21-13(3)23;1-8(13-7-5-6-11-13)12-9(14)15-10(2,3)4;1-2-3/h14,19,21-23H,8-13,15-16H2,1-7H3,(H,29,31)(H,27,28,33);10,14,16-18H,4-9,11-12,20H2,1-3H3,(H,21,23);5-7H,1H2,2-4H3,(H,12,14);1H3/t19-,21-,22+,23+;14-,16-,17+,18+;;/m00../s1. The molecule has 6 N–H and O–H groups in total. The number of aliphatic imine (C=N–C) groups is 1. The molecule has 2 aliphatic heterocycles. The monoisotopic (exact) mass is 1130 g/mol. The van der Waals surface area contributed by atoms with Gasteiger partial charge in [0.05, 0.1) is 62.7 Å². The number of alkyl carbamates (subject to hydrolysis) is 2. The van der Waals surface area contributed by atoms with Gasteiger partial charge >= 0.3 is 24.1 Å². The number of amidine groups is 1. The molecule has 2 saturated heterocycles. The Hall–Kier alpha value is -6.19. The fourth-order valence-corrected chi connectivity index (χ4v) is 9.57. The Morgan fingerprint density at radius 2 is 1.19 bits per heavy atom. The fraction of sp³-hybridized carbons (Fsp3) is 0.702. The van der Waals surface area contributed by atoms with E-state index in [1.807, 2.05) is 26.0 Å². The molecular weight excluding hydrogens is 1030 g/mol. The highest BCUT2D eigenvalue weighted by Crippen LogP contribution is 2.31. The number of ether oxygens (including phenoxy) is 6. The molecule has 0 radical (unpaired) electrons. The maximum absolute atomic E-state index is 12.8. The van der Waals surface area contributed by atoms with Crippen molar-refractivity contribution in [1.82, 2.24) is 40.8 Å². The summed E-state index contributed by atoms with van der Waals surface area (Å²) < 4.78 is 33.6. The number of esters is 2. The molecule has 1 aromatic rings. The lowest BCUT2D eigenvalue weighted by Crippen LogP contribution is -2.62. The van der Waals surface area contributed by atoms with Crippen LogP contribution in [0, 0.1) is 23.2 Å². The molecule has 23 heteroatoms. The molecule has 2 fully saturated rings. The number of aromatic nitrogens is 2. The topological polar surface area (TPSA) is 292 Å². The van der Waals surface area contributed by atoms with Crippen molar-refractivity contribution in [2.75, 3.05) is 65.8 Å². The number of rotatable bonds is 17. The van der Waals surface area contributed by atoms with Gasteiger partial charge in [0, 0.05) is 83.1 Å². The third kappa shape index (κ3) is 26.4. The van der Waals surface area contributed by atoms with Crippen molar-refractivity contribution < 1.29 is 57.2 Å². The maximum atomic E-state index is 12.8. The maximum Gasteiger partial charge on any atom is 0.413 e. The van der Waals surface area contributed by atoms with Gasteiger partial charge in [0.25, 0.3) is 0 Å². The first-order chi connectivity index (χ1) is 37.7. The van der Waals surface area contributed by atoms with E-state index in [1.165, 1.54) is 25.5 Å². The highest BCUT2D eigenvalue weighted by Gasteiger charge is 2.42. The number of hydrogen-bond donors (Lipinski definition) is 5. The molecule has 3 heterocycles. The highest BCUT2D eigenvalue weighted by molar-refractivity contribution is 5.94. The van der Waals surface area contributed by atoms with Crippen molar-refractivity contribution >= 4 is 47.6 Å². The summed E-state index contributed by atoms with van der Waals surface area (Å²) in [6.07, 6.45) is 11.0. The minimum atomic E-state index is -0.648. The summed E-state index contributed by atoms with van der Waals surface area (Å²) >= 11 is 0. The van der Waals surface area contributed by atoms with E-state index in [2.05, 4.69) is 42.7 Å². The van der Waals surface area contributed by atoms with Gasteiger partial charge in [0.1, 0.15) is 22.9 Å². The van der Waals surface area contributed by atoms with Crippen molar-refractivity contribution in [2.45, 2.75) is 183 Å². The Morgan fingerprint density at radius 1 is 0.738 bits per heavy atom. The van der Waals surface area contributed by atoms with Crippen LogP contribution in [0.3, 0.4) is 0 Å². The molecule has 1 aromatic heterocycles. The molecule has 8 atom stereocenters. The first-order valence-corrected chi connectivity index (χ1v) is 27.9. The van der Waals surface area contributed by atoms with Crippen LogP contribution in [0.4, 0.5) is 9.59 Å². The van der Waals surface area contributed by atoms with E-state index >= 15 is 0 Å². The Morgan fingerprint density at radius 3 is 1.61 bits per heavy atom. The summed E-state index contributed by atoms with van der Waals surface area (Å²) in [6, 6.07) is 1.73. The number of likely N-dealkylation sites (tertiary alicyclic amines) is 2. The Bertz CT molecular complexity index is 2270. The second kappa shape index (κ2) is 35.5. The number of hydrogen-bond acceptors (Lipinski definition) is 18. The van der Waals surface area contributed by atoms with E-state index in [0.29, 0.717) is 67.5 Å². The van der Waals surface area contributed by atoms with Crippen molar-refractivity contribution in [3.05, 3.63) is 48.3 Å². The van der Waals surface area contributed by atoms with E-state index in [9.17, 15) is 28.8 Å². The molecule has 0 bridgehead atoms. The molecule has 5 rings (SSSR count). The second-order valence-electron chi connectivity index (χ2n) is 21.8. The fourth-order valence-electron chi connectivity index (χ4n) is 9.57. The zero-order valence-corrected chi connectivity index (χ0v) is 50.2. The summed E-state index contributed by atoms with van der Waals surface area (Å²) in [4.78, 5) is 81.9. The van der Waals surface area contributed by atoms with Crippen LogP contribution in [-0.4, -0.2) is 175 Å². The minimum Gasteiger partial charge on any atom is -0.463 e. The first kappa shape index (κ1) is 69.9. The van der Waals surface area contributed by atoms with E-state index in [-0.39, 0.29) is 67.0 Å². The van der Waals surface area contributed by atoms with E-state index in [4.69, 9.17) is 44.4 Å². The van der Waals surface area contributed by atoms with Gasteiger partial charge in [0.2, 0.25) is 11.8 Å². The summed E-state index contributed by atoms with van der Waals surface area (Å²) in [5.74, 6) is 0.553. The molecular formula is C57H95N11O12. The third-order valence-electron chi connectivity index (χ3n) is 12.6. The number of nitrogens with one attached hydrogen (secondary N) is 4. The Balaban J connectivity index is 0.000000431. The third-order valence-corrected chi connectivity index (χ3v) is 12.6. The molecule has 0 saturated carbocycles. The minimum absolute atomic E-state index is 0.105. The Kier molecular flexibility index (Phi) is 31.0. The van der Waals surface area contributed by atoms with Gasteiger partial charge < -0.3 is 44.8 Å². The zero-order valence-electron chi connectivity index (χ0n) is 50.2. The van der Waals surface area contributed by atoms with Crippen molar-refractivity contribution in [3.63, 3.8) is 0 Å². The van der Waals surface area contributed by atoms with Crippen LogP contribution < -0.4 is 27.0 Å². The van der Waals surface area contributed by atoms with Crippen molar-refractivity contribution in [3.8, 4) is 6.07 Å². The zero-order chi connectivity index (χ0) is 60.2. The SMILES string of the molecule is C=C(NC(=O)OC(C)(C)C)n1cccn1.CC#N.CCOC[C@H]1CCCN([C@@H]2C=C(C(=O)OCC)C[C@H](N)[C@H]2NC(C)=O)C1.CCOC[C@H]1CCCN([C@@H]2C=C(C(=O)OCC)C[C@H](N=C(C)NC(=O)OC(C)(C)C)[C@H]2NC(C)=O)C1. The van der Waals surface area contributed by atoms with Crippen LogP contribution in [0.2, 0.25) is 0 Å². The second-order valence-corrected chi connectivity index (χ2v) is 21.8. The summed E-state index contributed by atoms with van der Waals surface area (Å²) in [6.45, 7) is 34.8. The lowest BCUT2D eigenvalue weighted by molar-refractivity contribution is -0.139. The van der Waals surface area contributed by atoms with Crippen LogP contribution in [0.1, 0.15) is 135 Å². The van der Waals surface area contributed by atoms with Crippen LogP contribution in [0.15, 0.2) is 53.3 Å². The molecule has 2 aliphatic carbocycles. The predicted molar refractivity (Wildman–Crippen MR) is 305 cm³/mol. The summed E-state index contributed by atoms with van der Waals surface area (Å²) in [5.41, 5.74) is 6.31. The lowest BCUT2D eigenvalue weighted by atomic mass is 9.84. The number of piperidine rings is 2. The van der Waals surface area contributed by atoms with E-state index in [1.54, 1.807) is 86.8 Å². The van der Waals surface area contributed by atoms with Crippen molar-refractivity contribution in [2.24, 2.45) is 22.6 Å². The molecule has 0 spiro atoms. The van der Waals surface area contributed by atoms with Gasteiger partial charge in [-0.1, -0.05) is 18.7 Å². The molecule has 4 amide bonds. The molecule has 80 heavy (non-hydrogen) atoms. The predicted octanol–water partition coefficient (Wildman–Crippen LogP) is 6.01. The number of nitrogens with two attached hydrogens (primary N) is 1. The van der Waals surface area contributed by atoms with Gasteiger partial charge in [-0.15, -0.1) is 0 Å². The van der Waals surface area contributed by atoms with Gasteiger partial charge in [-0.05, 0) is 139 Å². The summed E-state index contributed by atoms with van der Waals surface area (Å²) in [5, 5.41) is 22.4. The number of nitrogens with zero attached hydrogens (tertiary/aromatic N) is 6. The smallest absolute Gasteiger partial charge is 0.413 e. The van der Waals surface area contributed by atoms with Crippen molar-refractivity contribution in [1.29, 1.82) is 5.26 Å². The average Bonchev–Trinajstić information content (AvgIpc) is 3.92. The van der Waals surface area contributed by atoms with Gasteiger partial charge in [-0.3, -0.25) is 35.0 Å². The molecule has 23 nitrogen and oxygen atoms in total. The quantitative estimate of drug-likeness (QED) is 0.0517. The molecule has 0 unspecified atom stereocenters. The average molecular weight is 1130 g/mol. The van der Waals surface area contributed by atoms with Crippen LogP contribution in [0.25, 0.3) is 5.82 Å². The number of amides is 4. The number of nitriles is 1. The lowest BCUT2D eigenvalue weighted by Gasteiger charge is -2.44. The first-order valence-electron chi connectivity index (χ1n) is 27.9. The number of carbonyl (C=O) groups excluding carboxylic acids is 6. The van der Waals surface area contributed by atoms with E-state index in [0.717, 1.165) is 58.5 Å². The van der Waals surface area contributed by atoms with Gasteiger partial charge in [0.15, 0.2) is 0 Å². The molecule has 0 aromatic carbocycles. The van der Waals surface area contributed by atoms with Gasteiger partial charge in [-0.25, -0.2) is 23.9 Å². The summed E-state index contributed by atoms with van der Waals surface area (Å²) in [7, 11) is 0. The van der Waals surface area contributed by atoms with Crippen LogP contribution >= 0.6 is 0 Å². The number of carbonyl (C=O) groups is 6. The van der Waals surface area contributed by atoms with Gasteiger partial charge in [-0.2, -0.15) is 10.4 Å². The van der Waals surface area contributed by atoms with Crippen LogP contribution in [0.5, 0.6) is 0 Å². The molecule has 450 valence electrons. The normalized spacial score (nSPS) is 23.3.